The minimum absolute atomic E-state index is 0.00832. The molecule has 9 aromatic carbocycles. The maximum atomic E-state index is 2.44. The Kier molecular flexibility index (Phi) is 6.46. The fourth-order valence-electron chi connectivity index (χ4n) is 10.3. The molecular weight excluding hydrogens is 649 g/mol. The first-order chi connectivity index (χ1) is 26.3. The van der Waals surface area contributed by atoms with Crippen molar-refractivity contribution in [3.05, 3.63) is 192 Å². The smallest absolute Gasteiger partial charge is 0.0165 e. The van der Waals surface area contributed by atoms with Crippen molar-refractivity contribution in [2.75, 3.05) is 0 Å². The van der Waals surface area contributed by atoms with E-state index in [1.54, 1.807) is 0 Å². The normalized spacial score (nSPS) is 14.6. The van der Waals surface area contributed by atoms with Gasteiger partial charge in [-0.05, 0) is 116 Å². The van der Waals surface area contributed by atoms with Gasteiger partial charge in [0.05, 0.1) is 0 Å². The number of hydrogen-bond donors (Lipinski definition) is 0. The lowest BCUT2D eigenvalue weighted by molar-refractivity contribution is 0.647. The van der Waals surface area contributed by atoms with Crippen LogP contribution in [0.5, 0.6) is 0 Å². The topological polar surface area (TPSA) is 0 Å². The molecule has 0 radical (unpaired) electrons. The molecule has 9 aromatic rings. The number of fused-ring (bicyclic) bond motifs is 10. The van der Waals surface area contributed by atoms with Gasteiger partial charge in [0.25, 0.3) is 0 Å². The van der Waals surface area contributed by atoms with E-state index in [-0.39, 0.29) is 10.8 Å². The molecule has 0 saturated carbocycles. The van der Waals surface area contributed by atoms with Crippen LogP contribution >= 0.6 is 0 Å². The third-order valence-corrected chi connectivity index (χ3v) is 12.9. The molecule has 11 rings (SSSR count). The van der Waals surface area contributed by atoms with Crippen LogP contribution in [-0.4, -0.2) is 0 Å². The van der Waals surface area contributed by atoms with Crippen LogP contribution in [-0.2, 0) is 10.8 Å². The van der Waals surface area contributed by atoms with Crippen LogP contribution in [0.2, 0.25) is 0 Å². The van der Waals surface area contributed by atoms with E-state index in [1.807, 2.05) is 0 Å². The average molecular weight is 689 g/mol. The van der Waals surface area contributed by atoms with Gasteiger partial charge in [0.15, 0.2) is 0 Å². The maximum absolute atomic E-state index is 2.44. The second kappa shape index (κ2) is 11.1. The Morgan fingerprint density at radius 3 is 1.54 bits per heavy atom. The SMILES string of the molecule is CC1(C)c2ccccc2-c2c1ccc1c2C(C)(C)c2ccc(-c3ccc(-c4c5ccccc5c(-c5cccc6ccccc56)c5ccccc45)cc3)cc2-1. The van der Waals surface area contributed by atoms with Crippen molar-refractivity contribution >= 4 is 32.3 Å². The van der Waals surface area contributed by atoms with Crippen LogP contribution in [0.4, 0.5) is 0 Å². The van der Waals surface area contributed by atoms with Gasteiger partial charge in [0.2, 0.25) is 0 Å². The van der Waals surface area contributed by atoms with Gasteiger partial charge in [0, 0.05) is 10.8 Å². The summed E-state index contributed by atoms with van der Waals surface area (Å²) in [4.78, 5) is 0. The molecule has 0 atom stereocenters. The van der Waals surface area contributed by atoms with Gasteiger partial charge < -0.3 is 0 Å². The molecule has 0 nitrogen and oxygen atoms in total. The predicted molar refractivity (Wildman–Crippen MR) is 230 cm³/mol. The molecular formula is C54H40. The fourth-order valence-corrected chi connectivity index (χ4v) is 10.3. The number of hydrogen-bond acceptors (Lipinski definition) is 0. The van der Waals surface area contributed by atoms with Crippen molar-refractivity contribution in [1.82, 2.24) is 0 Å². The lowest BCUT2D eigenvalue weighted by atomic mass is 9.77. The maximum Gasteiger partial charge on any atom is 0.0165 e. The molecule has 0 heteroatoms. The Hall–Kier alpha value is -6.24. The van der Waals surface area contributed by atoms with Gasteiger partial charge in [-0.15, -0.1) is 0 Å². The summed E-state index contributed by atoms with van der Waals surface area (Å²) in [6, 6.07) is 63.7. The summed E-state index contributed by atoms with van der Waals surface area (Å²) >= 11 is 0. The molecule has 0 bridgehead atoms. The third-order valence-electron chi connectivity index (χ3n) is 12.9. The van der Waals surface area contributed by atoms with Crippen LogP contribution < -0.4 is 0 Å². The molecule has 0 fully saturated rings. The van der Waals surface area contributed by atoms with Gasteiger partial charge in [0.1, 0.15) is 0 Å². The highest BCUT2D eigenvalue weighted by atomic mass is 14.5. The highest BCUT2D eigenvalue weighted by Crippen LogP contribution is 2.59. The molecule has 0 aliphatic heterocycles. The largest absolute Gasteiger partial charge is 0.0619 e. The quantitative estimate of drug-likeness (QED) is 0.162. The minimum Gasteiger partial charge on any atom is -0.0619 e. The monoisotopic (exact) mass is 688 g/mol. The van der Waals surface area contributed by atoms with E-state index in [0.717, 1.165) is 0 Å². The molecule has 0 amide bonds. The Labute approximate surface area is 317 Å². The average Bonchev–Trinajstić information content (AvgIpc) is 3.59. The van der Waals surface area contributed by atoms with Gasteiger partial charge in [-0.1, -0.05) is 191 Å². The van der Waals surface area contributed by atoms with Crippen LogP contribution in [0.15, 0.2) is 170 Å². The zero-order valence-electron chi connectivity index (χ0n) is 31.2. The molecule has 0 heterocycles. The molecule has 0 saturated heterocycles. The molecule has 2 aliphatic rings. The minimum atomic E-state index is -0.0910. The van der Waals surface area contributed by atoms with Crippen molar-refractivity contribution in [1.29, 1.82) is 0 Å². The summed E-state index contributed by atoms with van der Waals surface area (Å²) in [5.41, 5.74) is 18.9. The summed E-state index contributed by atoms with van der Waals surface area (Å²) in [7, 11) is 0. The fraction of sp³-hybridized carbons (Fsp3) is 0.111. The van der Waals surface area contributed by atoms with E-state index in [0.29, 0.717) is 0 Å². The Morgan fingerprint density at radius 1 is 0.296 bits per heavy atom. The highest BCUT2D eigenvalue weighted by molar-refractivity contribution is 6.23. The molecule has 0 aromatic heterocycles. The first-order valence-electron chi connectivity index (χ1n) is 19.3. The molecule has 2 aliphatic carbocycles. The molecule has 0 N–H and O–H groups in total. The first kappa shape index (κ1) is 31.3. The molecule has 0 spiro atoms. The first-order valence-corrected chi connectivity index (χ1v) is 19.3. The summed E-state index contributed by atoms with van der Waals surface area (Å²) in [6.07, 6.45) is 0. The lowest BCUT2D eigenvalue weighted by Gasteiger charge is -2.26. The van der Waals surface area contributed by atoms with Gasteiger partial charge in [-0.3, -0.25) is 0 Å². The molecule has 256 valence electrons. The van der Waals surface area contributed by atoms with Gasteiger partial charge in [-0.2, -0.15) is 0 Å². The lowest BCUT2D eigenvalue weighted by Crippen LogP contribution is -2.18. The van der Waals surface area contributed by atoms with Gasteiger partial charge in [-0.25, -0.2) is 0 Å². The molecule has 54 heavy (non-hydrogen) atoms. The van der Waals surface area contributed by atoms with Crippen LogP contribution in [0.25, 0.3) is 88.0 Å². The van der Waals surface area contributed by atoms with E-state index in [1.165, 1.54) is 110 Å². The Balaban J connectivity index is 1.05. The van der Waals surface area contributed by atoms with Crippen molar-refractivity contribution in [2.45, 2.75) is 38.5 Å². The van der Waals surface area contributed by atoms with E-state index in [4.69, 9.17) is 0 Å². The van der Waals surface area contributed by atoms with Crippen molar-refractivity contribution in [3.63, 3.8) is 0 Å². The summed E-state index contributed by atoms with van der Waals surface area (Å²) in [6.45, 7) is 9.60. The molecule has 0 unspecified atom stereocenters. The Bertz CT molecular complexity index is 2960. The van der Waals surface area contributed by atoms with Crippen molar-refractivity contribution in [2.24, 2.45) is 0 Å². The highest BCUT2D eigenvalue weighted by Gasteiger charge is 2.44. The number of rotatable bonds is 3. The zero-order valence-corrected chi connectivity index (χ0v) is 31.2. The summed E-state index contributed by atoms with van der Waals surface area (Å²) in [5, 5.41) is 7.67. The third kappa shape index (κ3) is 4.20. The van der Waals surface area contributed by atoms with E-state index < -0.39 is 0 Å². The Morgan fingerprint density at radius 2 is 0.815 bits per heavy atom. The van der Waals surface area contributed by atoms with Crippen molar-refractivity contribution in [3.8, 4) is 55.6 Å². The standard InChI is InChI=1S/C54H40/c1-53(2)46-23-12-11-21-44(46)51-48(53)31-29-43-45-32-36(28-30-47(45)54(3,4)52(43)51)33-24-26-35(27-25-33)49-39-17-7-9-19-41(39)50(42-20-10-8-18-40(42)49)38-22-13-15-34-14-5-6-16-37(34)38/h5-32H,1-4H3. The van der Waals surface area contributed by atoms with Crippen LogP contribution in [0, 0.1) is 0 Å². The second-order valence-electron chi connectivity index (χ2n) is 16.4. The van der Waals surface area contributed by atoms with Crippen LogP contribution in [0.3, 0.4) is 0 Å². The summed E-state index contributed by atoms with van der Waals surface area (Å²) in [5.74, 6) is 0. The van der Waals surface area contributed by atoms with E-state index in [2.05, 4.69) is 198 Å². The van der Waals surface area contributed by atoms with E-state index >= 15 is 0 Å². The zero-order chi connectivity index (χ0) is 36.3. The van der Waals surface area contributed by atoms with E-state index in [9.17, 15) is 0 Å². The van der Waals surface area contributed by atoms with Crippen molar-refractivity contribution < 1.29 is 0 Å². The van der Waals surface area contributed by atoms with Crippen LogP contribution in [0.1, 0.15) is 49.9 Å². The van der Waals surface area contributed by atoms with Gasteiger partial charge >= 0.3 is 0 Å². The number of benzene rings is 9. The second-order valence-corrected chi connectivity index (χ2v) is 16.4. The predicted octanol–water partition coefficient (Wildman–Crippen LogP) is 14.8. The summed E-state index contributed by atoms with van der Waals surface area (Å²) < 4.78 is 0.